The third kappa shape index (κ3) is 3.26. The van der Waals surface area contributed by atoms with E-state index in [1.54, 1.807) is 23.0 Å². The van der Waals surface area contributed by atoms with E-state index in [-0.39, 0.29) is 24.7 Å². The molecule has 0 saturated heterocycles. The molecule has 7 nitrogen and oxygen atoms in total. The molecule has 0 aliphatic heterocycles. The van der Waals surface area contributed by atoms with Gasteiger partial charge in [-0.15, -0.1) is 0 Å². The highest BCUT2D eigenvalue weighted by Crippen LogP contribution is 2.39. The number of amides is 1. The predicted molar refractivity (Wildman–Crippen MR) is 90.4 cm³/mol. The van der Waals surface area contributed by atoms with Crippen LogP contribution >= 0.6 is 0 Å². The van der Waals surface area contributed by atoms with Crippen molar-refractivity contribution < 1.29 is 9.21 Å². The molecule has 0 bridgehead atoms. The Morgan fingerprint density at radius 3 is 2.68 bits per heavy atom. The van der Waals surface area contributed by atoms with Gasteiger partial charge >= 0.3 is 5.69 Å². The van der Waals surface area contributed by atoms with Gasteiger partial charge in [-0.3, -0.25) is 4.79 Å². The summed E-state index contributed by atoms with van der Waals surface area (Å²) in [7, 11) is 0. The standard InChI is InChI=1S/C18H18N4O3/c23-16(19-11-15-7-4-10-25-15)12-21-18(24)22(14-5-2-1-3-6-14)17(20-21)13-8-9-13/h1-7,10,13H,8-9,11-12H2,(H,19,23). The molecule has 3 aromatic rings. The van der Waals surface area contributed by atoms with E-state index in [1.165, 1.54) is 4.68 Å². The molecule has 2 aromatic heterocycles. The minimum absolute atomic E-state index is 0.112. The second kappa shape index (κ2) is 6.43. The van der Waals surface area contributed by atoms with Gasteiger partial charge in [0, 0.05) is 5.92 Å². The molecule has 1 saturated carbocycles. The number of carbonyl (C=O) groups is 1. The maximum atomic E-state index is 12.8. The Balaban J connectivity index is 1.56. The highest BCUT2D eigenvalue weighted by atomic mass is 16.3. The number of para-hydroxylation sites is 1. The van der Waals surface area contributed by atoms with Crippen molar-refractivity contribution in [2.24, 2.45) is 0 Å². The van der Waals surface area contributed by atoms with Crippen LogP contribution in [0.5, 0.6) is 0 Å². The lowest BCUT2D eigenvalue weighted by atomic mass is 10.3. The Bertz CT molecular complexity index is 921. The van der Waals surface area contributed by atoms with Gasteiger partial charge in [0.05, 0.1) is 18.5 Å². The monoisotopic (exact) mass is 338 g/mol. The average molecular weight is 338 g/mol. The van der Waals surface area contributed by atoms with E-state index in [0.29, 0.717) is 11.7 Å². The fraction of sp³-hybridized carbons (Fsp3) is 0.278. The summed E-state index contributed by atoms with van der Waals surface area (Å²) in [6.07, 6.45) is 3.59. The number of furan rings is 1. The summed E-state index contributed by atoms with van der Waals surface area (Å²) in [4.78, 5) is 24.9. The highest BCUT2D eigenvalue weighted by molar-refractivity contribution is 5.75. The third-order valence-corrected chi connectivity index (χ3v) is 4.15. The Labute approximate surface area is 143 Å². The molecular formula is C18H18N4O3. The van der Waals surface area contributed by atoms with E-state index in [0.717, 1.165) is 24.4 Å². The summed E-state index contributed by atoms with van der Waals surface area (Å²) >= 11 is 0. The van der Waals surface area contributed by atoms with Crippen molar-refractivity contribution >= 4 is 5.91 Å². The molecule has 0 spiro atoms. The molecule has 0 radical (unpaired) electrons. The number of carbonyl (C=O) groups excluding carboxylic acids is 1. The van der Waals surface area contributed by atoms with Crippen molar-refractivity contribution in [2.45, 2.75) is 31.8 Å². The lowest BCUT2D eigenvalue weighted by molar-refractivity contribution is -0.122. The lowest BCUT2D eigenvalue weighted by Crippen LogP contribution is -2.33. The van der Waals surface area contributed by atoms with Crippen molar-refractivity contribution in [2.75, 3.05) is 0 Å². The number of nitrogens with zero attached hydrogens (tertiary/aromatic N) is 3. The predicted octanol–water partition coefficient (Wildman–Crippen LogP) is 1.82. The van der Waals surface area contributed by atoms with Crippen molar-refractivity contribution in [1.29, 1.82) is 0 Å². The molecule has 25 heavy (non-hydrogen) atoms. The summed E-state index contributed by atoms with van der Waals surface area (Å²) < 4.78 is 8.02. The minimum Gasteiger partial charge on any atom is -0.467 e. The third-order valence-electron chi connectivity index (χ3n) is 4.15. The Hall–Kier alpha value is -3.09. The molecule has 1 fully saturated rings. The van der Waals surface area contributed by atoms with E-state index in [2.05, 4.69) is 10.4 Å². The number of aromatic nitrogens is 3. The van der Waals surface area contributed by atoms with Crippen LogP contribution in [0.25, 0.3) is 5.69 Å². The van der Waals surface area contributed by atoms with E-state index in [4.69, 9.17) is 4.42 Å². The fourth-order valence-corrected chi connectivity index (χ4v) is 2.74. The van der Waals surface area contributed by atoms with Crippen LogP contribution in [-0.4, -0.2) is 20.3 Å². The van der Waals surface area contributed by atoms with Gasteiger partial charge in [-0.05, 0) is 37.1 Å². The van der Waals surface area contributed by atoms with Gasteiger partial charge in [-0.2, -0.15) is 5.10 Å². The van der Waals surface area contributed by atoms with Crippen molar-refractivity contribution in [1.82, 2.24) is 19.7 Å². The van der Waals surface area contributed by atoms with Gasteiger partial charge in [0.25, 0.3) is 0 Å². The maximum absolute atomic E-state index is 12.8. The summed E-state index contributed by atoms with van der Waals surface area (Å²) in [5.41, 5.74) is 0.484. The quantitative estimate of drug-likeness (QED) is 0.743. The molecule has 1 N–H and O–H groups in total. The molecule has 0 atom stereocenters. The van der Waals surface area contributed by atoms with Crippen LogP contribution in [0.2, 0.25) is 0 Å². The lowest BCUT2D eigenvalue weighted by Gasteiger charge is -2.03. The first kappa shape index (κ1) is 15.4. The molecule has 2 heterocycles. The summed E-state index contributed by atoms with van der Waals surface area (Å²) in [5, 5.41) is 7.15. The first-order chi connectivity index (χ1) is 12.2. The van der Waals surface area contributed by atoms with Crippen molar-refractivity contribution in [3.8, 4) is 5.69 Å². The van der Waals surface area contributed by atoms with Gasteiger partial charge in [0.15, 0.2) is 0 Å². The fourth-order valence-electron chi connectivity index (χ4n) is 2.74. The Morgan fingerprint density at radius 2 is 2.00 bits per heavy atom. The SMILES string of the molecule is O=C(Cn1nc(C2CC2)n(-c2ccccc2)c1=O)NCc1ccco1. The van der Waals surface area contributed by atoms with Crippen LogP contribution in [0.4, 0.5) is 0 Å². The van der Waals surface area contributed by atoms with Crippen LogP contribution in [0.15, 0.2) is 57.9 Å². The number of hydrogen-bond donors (Lipinski definition) is 1. The molecule has 1 aliphatic rings. The largest absolute Gasteiger partial charge is 0.467 e. The number of rotatable bonds is 6. The zero-order chi connectivity index (χ0) is 17.2. The zero-order valence-electron chi connectivity index (χ0n) is 13.6. The second-order valence-electron chi connectivity index (χ2n) is 6.10. The smallest absolute Gasteiger partial charge is 0.351 e. The summed E-state index contributed by atoms with van der Waals surface area (Å²) in [6, 6.07) is 12.9. The molecule has 128 valence electrons. The van der Waals surface area contributed by atoms with Gasteiger partial charge in [-0.1, -0.05) is 18.2 Å². The molecule has 4 rings (SSSR count). The highest BCUT2D eigenvalue weighted by Gasteiger charge is 2.31. The normalized spacial score (nSPS) is 13.8. The number of hydrogen-bond acceptors (Lipinski definition) is 4. The molecule has 7 heteroatoms. The Morgan fingerprint density at radius 1 is 1.20 bits per heavy atom. The molecule has 0 unspecified atom stereocenters. The van der Waals surface area contributed by atoms with E-state index in [9.17, 15) is 9.59 Å². The first-order valence-corrected chi connectivity index (χ1v) is 8.26. The van der Waals surface area contributed by atoms with E-state index < -0.39 is 0 Å². The topological polar surface area (TPSA) is 82.1 Å². The van der Waals surface area contributed by atoms with Gasteiger partial charge in [0.2, 0.25) is 5.91 Å². The molecule has 1 amide bonds. The molecule has 1 aliphatic carbocycles. The Kier molecular flexibility index (Phi) is 3.97. The van der Waals surface area contributed by atoms with Crippen LogP contribution in [0.3, 0.4) is 0 Å². The zero-order valence-corrected chi connectivity index (χ0v) is 13.6. The number of benzene rings is 1. The summed E-state index contributed by atoms with van der Waals surface area (Å²) in [5.74, 6) is 1.41. The summed E-state index contributed by atoms with van der Waals surface area (Å²) in [6.45, 7) is 0.175. The number of nitrogens with one attached hydrogen (secondary N) is 1. The van der Waals surface area contributed by atoms with Crippen LogP contribution in [-0.2, 0) is 17.9 Å². The van der Waals surface area contributed by atoms with Gasteiger partial charge in [0.1, 0.15) is 18.1 Å². The van der Waals surface area contributed by atoms with Crippen molar-refractivity contribution in [3.63, 3.8) is 0 Å². The average Bonchev–Trinajstić information content (AvgIpc) is 3.24. The van der Waals surface area contributed by atoms with Crippen LogP contribution < -0.4 is 11.0 Å². The van der Waals surface area contributed by atoms with Crippen molar-refractivity contribution in [3.05, 3.63) is 70.8 Å². The second-order valence-corrected chi connectivity index (χ2v) is 6.10. The molecule has 1 aromatic carbocycles. The van der Waals surface area contributed by atoms with Crippen LogP contribution in [0.1, 0.15) is 30.3 Å². The molecular weight excluding hydrogens is 320 g/mol. The van der Waals surface area contributed by atoms with Gasteiger partial charge in [-0.25, -0.2) is 14.0 Å². The van der Waals surface area contributed by atoms with E-state index in [1.807, 2.05) is 30.3 Å². The van der Waals surface area contributed by atoms with Gasteiger partial charge < -0.3 is 9.73 Å². The maximum Gasteiger partial charge on any atom is 0.351 e. The van der Waals surface area contributed by atoms with E-state index >= 15 is 0 Å². The minimum atomic E-state index is -0.291. The first-order valence-electron chi connectivity index (χ1n) is 8.26. The van der Waals surface area contributed by atoms with Crippen LogP contribution in [0, 0.1) is 0 Å².